The van der Waals surface area contributed by atoms with Crippen LogP contribution in [0.1, 0.15) is 76.3 Å². The minimum atomic E-state index is -0.261. The Kier molecular flexibility index (Phi) is 12.1. The van der Waals surface area contributed by atoms with E-state index in [0.717, 1.165) is 50.4 Å². The van der Waals surface area contributed by atoms with Crippen molar-refractivity contribution in [1.29, 1.82) is 0 Å². The number of fused-ring (bicyclic) bond motifs is 4. The summed E-state index contributed by atoms with van der Waals surface area (Å²) < 4.78 is 9.02. The first-order valence-electron chi connectivity index (χ1n) is 23.9. The summed E-state index contributed by atoms with van der Waals surface area (Å²) in [6.07, 6.45) is 1.93. The molecule has 0 bridgehead atoms. The summed E-state index contributed by atoms with van der Waals surface area (Å²) in [5, 5.41) is 2.20. The zero-order valence-electron chi connectivity index (χ0n) is 40.6. The van der Waals surface area contributed by atoms with Crippen LogP contribution in [0.3, 0.4) is 0 Å². The van der Waals surface area contributed by atoms with Crippen LogP contribution in [-0.4, -0.2) is 9.55 Å². The van der Waals surface area contributed by atoms with Crippen molar-refractivity contribution in [1.82, 2.24) is 9.55 Å². The number of nitrogens with zero attached hydrogens (tertiary/aromatic N) is 4. The van der Waals surface area contributed by atoms with Gasteiger partial charge in [0.15, 0.2) is 0 Å². The Morgan fingerprint density at radius 2 is 1.07 bits per heavy atom. The van der Waals surface area contributed by atoms with E-state index in [0.29, 0.717) is 11.5 Å². The van der Waals surface area contributed by atoms with E-state index in [1.807, 2.05) is 24.4 Å². The van der Waals surface area contributed by atoms with Crippen molar-refractivity contribution in [2.45, 2.75) is 64.7 Å². The van der Waals surface area contributed by atoms with E-state index in [-0.39, 0.29) is 37.3 Å². The maximum atomic E-state index is 6.76. The number of ether oxygens (including phenoxy) is 1. The Hall–Kier alpha value is -7.20. The van der Waals surface area contributed by atoms with E-state index < -0.39 is 0 Å². The topological polar surface area (TPSA) is 33.5 Å². The molecule has 0 aliphatic carbocycles. The molecule has 0 N–H and O–H groups in total. The van der Waals surface area contributed by atoms with Crippen molar-refractivity contribution >= 4 is 44.6 Å². The third-order valence-electron chi connectivity index (χ3n) is 14.1. The van der Waals surface area contributed by atoms with Gasteiger partial charge in [-0.25, -0.2) is 4.98 Å². The van der Waals surface area contributed by atoms with Crippen molar-refractivity contribution in [3.05, 3.63) is 247 Å². The Labute approximate surface area is 427 Å². The summed E-state index contributed by atoms with van der Waals surface area (Å²) in [4.78, 5) is 9.56. The maximum Gasteiger partial charge on any atom is 0.135 e. The summed E-state index contributed by atoms with van der Waals surface area (Å²) >= 11 is 0. The van der Waals surface area contributed by atoms with Gasteiger partial charge in [0, 0.05) is 72.2 Å². The van der Waals surface area contributed by atoms with Crippen LogP contribution in [0, 0.1) is 18.8 Å². The van der Waals surface area contributed by atoms with Crippen LogP contribution in [0.5, 0.6) is 11.5 Å². The molecule has 0 fully saturated rings. The van der Waals surface area contributed by atoms with Crippen molar-refractivity contribution < 1.29 is 25.8 Å². The number of hydrogen-bond acceptors (Lipinski definition) is 4. The molecule has 70 heavy (non-hydrogen) atoms. The summed E-state index contributed by atoms with van der Waals surface area (Å²) in [5.74, 6) is 2.00. The van der Waals surface area contributed by atoms with E-state index in [2.05, 4.69) is 258 Å². The van der Waals surface area contributed by atoms with E-state index in [1.54, 1.807) is 0 Å². The second-order valence-electron chi connectivity index (χ2n) is 20.3. The van der Waals surface area contributed by atoms with E-state index in [1.165, 1.54) is 38.9 Å². The molecule has 3 heterocycles. The molecule has 2 aromatic heterocycles. The van der Waals surface area contributed by atoms with Crippen LogP contribution in [-0.2, 0) is 37.3 Å². The quantitative estimate of drug-likeness (QED) is 0.128. The largest absolute Gasteiger partial charge is 0.509 e. The zero-order chi connectivity index (χ0) is 47.5. The predicted octanol–water partition coefficient (Wildman–Crippen LogP) is 16.6. The number of rotatable bonds is 10. The number of para-hydroxylation sites is 2. The molecule has 0 unspecified atom stereocenters. The van der Waals surface area contributed by atoms with Gasteiger partial charge in [-0.05, 0) is 92.2 Å². The molecule has 0 saturated carbocycles. The standard InChI is InChI=1S/C64H55N4O.Pt/c1-62(2,3)50-36-45(44-20-11-8-12-21-44)37-52(38-50)67-43-66(57-28-17-18-29-58(57)67)51-26-19-27-53(41-51)69-54-31-33-56-55-32-30-48(63(4,5)46-22-13-9-14-23-46)39-59(55)68(60(56)42-54)61-40-49(34-35-65-61)64(6,7)47-24-15-10-16-25-47;/h8-40,43H,1-7H3;/q-3;. The van der Waals surface area contributed by atoms with Crippen molar-refractivity contribution in [3.63, 3.8) is 0 Å². The molecule has 1 aliphatic rings. The number of hydrogen-bond donors (Lipinski definition) is 0. The molecule has 0 atom stereocenters. The summed E-state index contributed by atoms with van der Waals surface area (Å²) in [6.45, 7) is 18.1. The molecule has 0 radical (unpaired) electrons. The normalized spacial score (nSPS) is 12.8. The fourth-order valence-electron chi connectivity index (χ4n) is 9.83. The monoisotopic (exact) mass is 1090 g/mol. The molecule has 0 amide bonds. The Balaban J connectivity index is 0.00000567. The summed E-state index contributed by atoms with van der Waals surface area (Å²) in [6, 6.07) is 76.4. The number of pyridine rings is 1. The SMILES string of the molecule is CC(C)(C)c1cc(-c2ccccc2)cc(N2[CH-]N(c3[c-]c(Oc4[c-]c5c(cc4)c4ccc(C(C)(C)c6ccccc6)cc4n5-c4cc(C(C)(C)c5ccccc5)ccn4)ccc3)c3ccccc32)c1.[Pt]. The maximum absolute atomic E-state index is 6.76. The first-order valence-corrected chi connectivity index (χ1v) is 23.9. The van der Waals surface area contributed by atoms with Gasteiger partial charge in [0.1, 0.15) is 5.82 Å². The number of benzene rings is 8. The summed E-state index contributed by atoms with van der Waals surface area (Å²) in [5.41, 5.74) is 14.0. The molecular formula is C64H55N4OPt-3. The molecule has 8 aromatic carbocycles. The average Bonchev–Trinajstić information content (AvgIpc) is 3.93. The van der Waals surface area contributed by atoms with E-state index >= 15 is 0 Å². The molecule has 5 nitrogen and oxygen atoms in total. The third kappa shape index (κ3) is 8.51. The fraction of sp³-hybridized carbons (Fsp3) is 0.156. The summed E-state index contributed by atoms with van der Waals surface area (Å²) in [7, 11) is 0. The van der Waals surface area contributed by atoms with Crippen molar-refractivity contribution in [2.24, 2.45) is 0 Å². The molecule has 10 aromatic rings. The van der Waals surface area contributed by atoms with E-state index in [4.69, 9.17) is 9.72 Å². The van der Waals surface area contributed by atoms with Crippen molar-refractivity contribution in [2.75, 3.05) is 9.80 Å². The van der Waals surface area contributed by atoms with Crippen LogP contribution in [0.2, 0.25) is 0 Å². The average molecular weight is 1090 g/mol. The second-order valence-corrected chi connectivity index (χ2v) is 20.3. The van der Waals surface area contributed by atoms with Gasteiger partial charge in [0.25, 0.3) is 0 Å². The molecule has 1 aliphatic heterocycles. The smallest absolute Gasteiger partial charge is 0.135 e. The predicted molar refractivity (Wildman–Crippen MR) is 286 cm³/mol. The Morgan fingerprint density at radius 3 is 1.74 bits per heavy atom. The molecule has 350 valence electrons. The van der Waals surface area contributed by atoms with Gasteiger partial charge >= 0.3 is 0 Å². The minimum absolute atomic E-state index is 0. The first kappa shape index (κ1) is 46.5. The number of aromatic nitrogens is 2. The molecule has 11 rings (SSSR count). The minimum Gasteiger partial charge on any atom is -0.509 e. The Morgan fingerprint density at radius 1 is 0.471 bits per heavy atom. The molecular weight excluding hydrogens is 1040 g/mol. The molecule has 0 spiro atoms. The zero-order valence-corrected chi connectivity index (χ0v) is 42.9. The van der Waals surface area contributed by atoms with Gasteiger partial charge in [-0.3, -0.25) is 0 Å². The van der Waals surface area contributed by atoms with Gasteiger partial charge in [-0.15, -0.1) is 48.1 Å². The van der Waals surface area contributed by atoms with Crippen LogP contribution in [0.25, 0.3) is 38.8 Å². The van der Waals surface area contributed by atoms with Crippen LogP contribution >= 0.6 is 0 Å². The van der Waals surface area contributed by atoms with Gasteiger partial charge < -0.3 is 19.1 Å². The van der Waals surface area contributed by atoms with Gasteiger partial charge in [0.05, 0.1) is 0 Å². The third-order valence-corrected chi connectivity index (χ3v) is 14.1. The van der Waals surface area contributed by atoms with Crippen molar-refractivity contribution in [3.8, 4) is 28.4 Å². The molecule has 6 heteroatoms. The second kappa shape index (κ2) is 18.3. The van der Waals surface area contributed by atoms with Gasteiger partial charge in [0.2, 0.25) is 0 Å². The fourth-order valence-corrected chi connectivity index (χ4v) is 9.83. The first-order chi connectivity index (χ1) is 33.3. The molecule has 0 saturated heterocycles. The van der Waals surface area contributed by atoms with Crippen LogP contribution < -0.4 is 14.5 Å². The van der Waals surface area contributed by atoms with Gasteiger partial charge in [-0.1, -0.05) is 175 Å². The Bertz CT molecular complexity index is 3500. The van der Waals surface area contributed by atoms with Crippen LogP contribution in [0.4, 0.5) is 22.7 Å². The van der Waals surface area contributed by atoms with E-state index in [9.17, 15) is 0 Å². The van der Waals surface area contributed by atoms with Crippen LogP contribution in [0.15, 0.2) is 200 Å². The van der Waals surface area contributed by atoms with Gasteiger partial charge in [-0.2, -0.15) is 12.1 Å². The number of anilines is 4.